The molecule has 11 nitrogen and oxygen atoms in total. The van der Waals surface area contributed by atoms with Crippen LogP contribution in [0.25, 0.3) is 0 Å². The first kappa shape index (κ1) is 36.4. The Morgan fingerprint density at radius 3 is 2.49 bits per heavy atom. The first-order valence-electron chi connectivity index (χ1n) is 16.9. The van der Waals surface area contributed by atoms with Gasteiger partial charge in [0, 0.05) is 37.8 Å². The van der Waals surface area contributed by atoms with Crippen LogP contribution in [0.4, 0.5) is 5.69 Å². The van der Waals surface area contributed by atoms with Crippen LogP contribution in [0.5, 0.6) is 17.2 Å². The van der Waals surface area contributed by atoms with E-state index < -0.39 is 16.1 Å². The molecule has 0 aliphatic carbocycles. The van der Waals surface area contributed by atoms with Gasteiger partial charge in [-0.2, -0.15) is 0 Å². The molecule has 266 valence electrons. The molecule has 0 aromatic heterocycles. The summed E-state index contributed by atoms with van der Waals surface area (Å²) in [5.41, 5.74) is 2.49. The maximum absolute atomic E-state index is 14.4. The molecule has 1 amide bonds. The number of likely N-dealkylation sites (N-methyl/N-ethyl adjacent to an activating group) is 1. The van der Waals surface area contributed by atoms with E-state index in [0.29, 0.717) is 32.0 Å². The Labute approximate surface area is 290 Å². The highest BCUT2D eigenvalue weighted by molar-refractivity contribution is 7.92. The molecule has 3 aromatic carbocycles. The van der Waals surface area contributed by atoms with Gasteiger partial charge < -0.3 is 29.0 Å². The third kappa shape index (κ3) is 9.45. The Morgan fingerprint density at radius 2 is 1.73 bits per heavy atom. The van der Waals surface area contributed by atoms with Gasteiger partial charge in [0.1, 0.15) is 5.75 Å². The molecule has 2 heterocycles. The summed E-state index contributed by atoms with van der Waals surface area (Å²) in [6.07, 6.45) is 2.07. The highest BCUT2D eigenvalue weighted by atomic mass is 32.2. The highest BCUT2D eigenvalue weighted by Crippen LogP contribution is 2.33. The van der Waals surface area contributed by atoms with E-state index >= 15 is 0 Å². The van der Waals surface area contributed by atoms with Gasteiger partial charge in [-0.05, 0) is 95.1 Å². The molecule has 2 N–H and O–H groups in total. The van der Waals surface area contributed by atoms with E-state index in [1.54, 1.807) is 48.2 Å². The van der Waals surface area contributed by atoms with Gasteiger partial charge in [0.2, 0.25) is 6.79 Å². The Bertz CT molecular complexity index is 1680. The number of hydrogen-bond donors (Lipinski definition) is 2. The second kappa shape index (κ2) is 16.2. The zero-order valence-corrected chi connectivity index (χ0v) is 29.9. The largest absolute Gasteiger partial charge is 0.490 e. The van der Waals surface area contributed by atoms with Gasteiger partial charge in [0.25, 0.3) is 15.9 Å². The summed E-state index contributed by atoms with van der Waals surface area (Å²) in [5, 5.41) is 10.3. The van der Waals surface area contributed by atoms with Crippen LogP contribution in [-0.4, -0.2) is 87.6 Å². The van der Waals surface area contributed by atoms with Crippen molar-refractivity contribution in [3.05, 3.63) is 77.4 Å². The molecule has 5 rings (SSSR count). The first-order chi connectivity index (χ1) is 23.4. The van der Waals surface area contributed by atoms with E-state index in [-0.39, 0.29) is 53.6 Å². The van der Waals surface area contributed by atoms with Gasteiger partial charge in [-0.15, -0.1) is 0 Å². The Kier molecular flexibility index (Phi) is 12.1. The molecular weight excluding hydrogens is 646 g/mol. The van der Waals surface area contributed by atoms with Crippen LogP contribution in [-0.2, 0) is 21.3 Å². The number of rotatable bonds is 9. The van der Waals surface area contributed by atoms with Crippen molar-refractivity contribution in [3.63, 3.8) is 0 Å². The number of amides is 1. The summed E-state index contributed by atoms with van der Waals surface area (Å²) < 4.78 is 52.9. The summed E-state index contributed by atoms with van der Waals surface area (Å²) in [4.78, 5) is 18.4. The second-order valence-electron chi connectivity index (χ2n) is 13.3. The SMILES string of the molecule is Cc1ccc(S(=O)(=O)Nc2ccc3c(c2)C(=O)N([C@H](C)CO)C[C@H](C)[C@H](CN(C)Cc2ccc4c(c2)OCO4)OCCCC[C@@H](C)O3)cc1. The van der Waals surface area contributed by atoms with Crippen molar-refractivity contribution in [1.29, 1.82) is 0 Å². The highest BCUT2D eigenvalue weighted by Gasteiger charge is 2.31. The van der Waals surface area contributed by atoms with Crippen LogP contribution in [0.2, 0.25) is 0 Å². The fraction of sp³-hybridized carbons (Fsp3) is 0.486. The number of sulfonamides is 1. The molecule has 0 saturated carbocycles. The zero-order valence-electron chi connectivity index (χ0n) is 29.1. The molecular formula is C37H49N3O8S. The molecule has 12 heteroatoms. The number of anilines is 1. The van der Waals surface area contributed by atoms with Crippen molar-refractivity contribution in [2.75, 3.05) is 44.9 Å². The second-order valence-corrected chi connectivity index (χ2v) is 15.0. The van der Waals surface area contributed by atoms with Crippen LogP contribution in [0.1, 0.15) is 61.5 Å². The lowest BCUT2D eigenvalue weighted by Crippen LogP contribution is -2.47. The lowest BCUT2D eigenvalue weighted by atomic mass is 10.0. The van der Waals surface area contributed by atoms with E-state index in [4.69, 9.17) is 18.9 Å². The first-order valence-corrected chi connectivity index (χ1v) is 18.4. The van der Waals surface area contributed by atoms with Gasteiger partial charge >= 0.3 is 0 Å². The third-order valence-corrected chi connectivity index (χ3v) is 10.4. The van der Waals surface area contributed by atoms with E-state index in [1.165, 1.54) is 6.07 Å². The van der Waals surface area contributed by atoms with Crippen LogP contribution >= 0.6 is 0 Å². The van der Waals surface area contributed by atoms with Crippen LogP contribution in [0, 0.1) is 12.8 Å². The Balaban J connectivity index is 1.40. The van der Waals surface area contributed by atoms with Crippen molar-refractivity contribution < 1.29 is 37.3 Å². The van der Waals surface area contributed by atoms with Gasteiger partial charge in [-0.1, -0.05) is 30.7 Å². The van der Waals surface area contributed by atoms with Gasteiger partial charge in [0.05, 0.1) is 35.3 Å². The lowest BCUT2D eigenvalue weighted by Gasteiger charge is -2.36. The number of ether oxygens (including phenoxy) is 4. The fourth-order valence-corrected chi connectivity index (χ4v) is 7.15. The van der Waals surface area contributed by atoms with Crippen molar-refractivity contribution >= 4 is 21.6 Å². The minimum absolute atomic E-state index is 0.105. The molecule has 4 atom stereocenters. The topological polar surface area (TPSA) is 127 Å². The molecule has 0 fully saturated rings. The number of nitrogens with one attached hydrogen (secondary N) is 1. The predicted molar refractivity (Wildman–Crippen MR) is 188 cm³/mol. The number of aliphatic hydroxyl groups excluding tert-OH is 1. The molecule has 0 saturated heterocycles. The molecule has 0 bridgehead atoms. The van der Waals surface area contributed by atoms with Gasteiger partial charge in [-0.3, -0.25) is 14.4 Å². The molecule has 0 unspecified atom stereocenters. The van der Waals surface area contributed by atoms with Crippen LogP contribution < -0.4 is 18.9 Å². The lowest BCUT2D eigenvalue weighted by molar-refractivity contribution is -0.0177. The predicted octanol–water partition coefficient (Wildman–Crippen LogP) is 5.45. The van der Waals surface area contributed by atoms with E-state index in [1.807, 2.05) is 39.1 Å². The zero-order chi connectivity index (χ0) is 35.1. The number of carbonyl (C=O) groups is 1. The minimum Gasteiger partial charge on any atom is -0.490 e. The minimum atomic E-state index is -3.91. The van der Waals surface area contributed by atoms with Crippen LogP contribution in [0.15, 0.2) is 65.6 Å². The Hall–Kier alpha value is -3.84. The maximum atomic E-state index is 14.4. The summed E-state index contributed by atoms with van der Waals surface area (Å²) in [7, 11) is -1.87. The number of nitrogens with zero attached hydrogens (tertiary/aromatic N) is 2. The monoisotopic (exact) mass is 695 g/mol. The summed E-state index contributed by atoms with van der Waals surface area (Å²) in [6.45, 7) is 9.83. The number of hydrogen-bond acceptors (Lipinski definition) is 9. The van der Waals surface area contributed by atoms with E-state index in [9.17, 15) is 18.3 Å². The summed E-state index contributed by atoms with van der Waals surface area (Å²) in [6, 6.07) is 16.8. The van der Waals surface area contributed by atoms with Crippen LogP contribution in [0.3, 0.4) is 0 Å². The van der Waals surface area contributed by atoms with Crippen molar-refractivity contribution in [3.8, 4) is 17.2 Å². The maximum Gasteiger partial charge on any atom is 0.261 e. The normalized spacial score (nSPS) is 21.1. The summed E-state index contributed by atoms with van der Waals surface area (Å²) >= 11 is 0. The van der Waals surface area contributed by atoms with Crippen molar-refractivity contribution in [1.82, 2.24) is 9.80 Å². The average Bonchev–Trinajstić information content (AvgIpc) is 3.54. The third-order valence-electron chi connectivity index (χ3n) is 9.02. The van der Waals surface area contributed by atoms with E-state index in [0.717, 1.165) is 41.9 Å². The molecule has 0 spiro atoms. The number of carbonyl (C=O) groups excluding carboxylic acids is 1. The summed E-state index contributed by atoms with van der Waals surface area (Å²) in [5.74, 6) is 1.38. The quantitative estimate of drug-likeness (QED) is 0.301. The molecule has 0 radical (unpaired) electrons. The fourth-order valence-electron chi connectivity index (χ4n) is 6.10. The molecule has 2 aliphatic rings. The number of aryl methyl sites for hydroxylation is 1. The van der Waals surface area contributed by atoms with Crippen molar-refractivity contribution in [2.45, 2.75) is 76.6 Å². The number of benzene rings is 3. The van der Waals surface area contributed by atoms with Crippen molar-refractivity contribution in [2.24, 2.45) is 5.92 Å². The Morgan fingerprint density at radius 1 is 1.00 bits per heavy atom. The van der Waals surface area contributed by atoms with E-state index in [2.05, 4.69) is 16.5 Å². The molecule has 3 aromatic rings. The number of aliphatic hydroxyl groups is 1. The molecule has 49 heavy (non-hydrogen) atoms. The number of fused-ring (bicyclic) bond motifs is 2. The standard InChI is InChI=1S/C37H49N3O8S/c1-25-9-13-31(14-10-25)49(43,44)38-30-12-16-33-32(19-30)37(42)40(27(3)23-41)20-26(2)36(45-17-7-6-8-28(4)48-33)22-39(5)21-29-11-15-34-35(18-29)47-24-46-34/h9-16,18-19,26-28,36,38,41H,6-8,17,20-24H2,1-5H3/t26-,27+,28+,36-/m0/s1. The average molecular weight is 696 g/mol. The van der Waals surface area contributed by atoms with Gasteiger partial charge in [-0.25, -0.2) is 8.42 Å². The molecule has 2 aliphatic heterocycles. The smallest absolute Gasteiger partial charge is 0.261 e. The van der Waals surface area contributed by atoms with Gasteiger partial charge in [0.15, 0.2) is 11.5 Å².